The molecule has 1 aliphatic heterocycles. The number of fused-ring (bicyclic) bond motifs is 1. The molecule has 0 atom stereocenters. The molecule has 0 fully saturated rings. The number of imide groups is 1. The first-order valence-corrected chi connectivity index (χ1v) is 10.1. The summed E-state index contributed by atoms with van der Waals surface area (Å²) in [6.45, 7) is 8.00. The molecule has 1 aliphatic rings. The zero-order valence-corrected chi connectivity index (χ0v) is 17.7. The highest BCUT2D eigenvalue weighted by Crippen LogP contribution is 2.36. The van der Waals surface area contributed by atoms with E-state index < -0.39 is 11.8 Å². The van der Waals surface area contributed by atoms with Crippen LogP contribution in [0.5, 0.6) is 0 Å². The van der Waals surface area contributed by atoms with Crippen LogP contribution < -0.4 is 4.90 Å². The first-order valence-electron chi connectivity index (χ1n) is 10.1. The van der Waals surface area contributed by atoms with Gasteiger partial charge in [0.05, 0.1) is 27.9 Å². The number of nitriles is 2. The zero-order valence-electron chi connectivity index (χ0n) is 17.7. The third-order valence-electron chi connectivity index (χ3n) is 5.16. The van der Waals surface area contributed by atoms with Crippen LogP contribution in [0.1, 0.15) is 59.0 Å². The molecule has 8 heteroatoms. The van der Waals surface area contributed by atoms with Gasteiger partial charge in [0.15, 0.2) is 0 Å². The van der Waals surface area contributed by atoms with Gasteiger partial charge in [0.25, 0.3) is 11.8 Å². The average molecular weight is 414 g/mol. The third-order valence-corrected chi connectivity index (χ3v) is 5.16. The molecule has 0 unspecified atom stereocenters. The van der Waals surface area contributed by atoms with Gasteiger partial charge in [-0.25, -0.2) is 0 Å². The van der Waals surface area contributed by atoms with Crippen LogP contribution in [0.15, 0.2) is 40.6 Å². The van der Waals surface area contributed by atoms with Crippen LogP contribution in [0.2, 0.25) is 0 Å². The third kappa shape index (κ3) is 3.88. The molecular formula is C23H22N6O2. The normalized spacial score (nSPS) is 12.7. The van der Waals surface area contributed by atoms with E-state index in [0.717, 1.165) is 23.7 Å². The van der Waals surface area contributed by atoms with Crippen molar-refractivity contribution in [1.29, 1.82) is 10.5 Å². The van der Waals surface area contributed by atoms with Crippen LogP contribution >= 0.6 is 0 Å². The minimum Gasteiger partial charge on any atom is -0.372 e. The Hall–Kier alpha value is -4.04. The monoisotopic (exact) mass is 414 g/mol. The molecule has 3 rings (SSSR count). The summed E-state index contributed by atoms with van der Waals surface area (Å²) in [5.74, 6) is -1.03. The second-order valence-electron chi connectivity index (χ2n) is 6.94. The molecule has 0 bridgehead atoms. The van der Waals surface area contributed by atoms with Crippen molar-refractivity contribution in [3.8, 4) is 12.1 Å². The van der Waals surface area contributed by atoms with Gasteiger partial charge in [0.1, 0.15) is 17.8 Å². The Morgan fingerprint density at radius 3 is 2.19 bits per heavy atom. The molecule has 2 aromatic rings. The van der Waals surface area contributed by atoms with Crippen LogP contribution in [0.3, 0.4) is 0 Å². The summed E-state index contributed by atoms with van der Waals surface area (Å²) in [6, 6.07) is 12.7. The molecule has 1 heterocycles. The Bertz CT molecular complexity index is 1130. The average Bonchev–Trinajstić information content (AvgIpc) is 3.03. The van der Waals surface area contributed by atoms with Crippen molar-refractivity contribution in [3.05, 3.63) is 52.6 Å². The predicted molar refractivity (Wildman–Crippen MR) is 116 cm³/mol. The summed E-state index contributed by atoms with van der Waals surface area (Å²) in [4.78, 5) is 28.6. The fraction of sp³-hybridized carbons (Fsp3) is 0.304. The van der Waals surface area contributed by atoms with Crippen LogP contribution in [-0.4, -0.2) is 36.3 Å². The number of carbonyl (C=O) groups excluding carboxylic acids is 2. The molecule has 0 saturated heterocycles. The van der Waals surface area contributed by atoms with Gasteiger partial charge in [-0.3, -0.25) is 14.5 Å². The number of rotatable bonds is 7. The minimum absolute atomic E-state index is 0.00364. The van der Waals surface area contributed by atoms with Crippen molar-refractivity contribution < 1.29 is 9.59 Å². The first-order chi connectivity index (χ1) is 15.0. The van der Waals surface area contributed by atoms with Crippen LogP contribution in [0, 0.1) is 22.7 Å². The number of azo groups is 1. The predicted octanol–water partition coefficient (Wildman–Crippen LogP) is 4.70. The fourth-order valence-electron chi connectivity index (χ4n) is 3.59. The van der Waals surface area contributed by atoms with Gasteiger partial charge in [0, 0.05) is 25.3 Å². The summed E-state index contributed by atoms with van der Waals surface area (Å²) in [5.41, 5.74) is 1.57. The minimum atomic E-state index is -0.539. The van der Waals surface area contributed by atoms with E-state index in [0.29, 0.717) is 12.1 Å². The number of nitrogens with zero attached hydrogens (tertiary/aromatic N) is 6. The summed E-state index contributed by atoms with van der Waals surface area (Å²) in [7, 11) is 0. The fourth-order valence-corrected chi connectivity index (χ4v) is 3.59. The summed E-state index contributed by atoms with van der Waals surface area (Å²) < 4.78 is 0. The highest BCUT2D eigenvalue weighted by molar-refractivity contribution is 6.23. The molecule has 2 aromatic carbocycles. The highest BCUT2D eigenvalue weighted by Gasteiger charge is 2.39. The van der Waals surface area contributed by atoms with E-state index in [1.54, 1.807) is 12.1 Å². The number of carbonyl (C=O) groups is 2. The maximum absolute atomic E-state index is 12.8. The van der Waals surface area contributed by atoms with Crippen LogP contribution in [-0.2, 0) is 0 Å². The standard InChI is InChI=1S/C23H22N6O2/c1-4-11-29-22(30)18-12-15(13-24)21(19(14-25)20(18)23(29)31)27-26-16-7-9-17(10-8-16)28(5-2)6-3/h7-10,12H,4-6,11H2,1-3H3. The van der Waals surface area contributed by atoms with E-state index in [-0.39, 0.29) is 34.5 Å². The van der Waals surface area contributed by atoms with Gasteiger partial charge in [-0.1, -0.05) is 6.92 Å². The number of amides is 2. The lowest BCUT2D eigenvalue weighted by Crippen LogP contribution is -2.30. The van der Waals surface area contributed by atoms with Crippen molar-refractivity contribution in [2.45, 2.75) is 27.2 Å². The van der Waals surface area contributed by atoms with E-state index in [2.05, 4.69) is 29.0 Å². The zero-order chi connectivity index (χ0) is 22.5. The van der Waals surface area contributed by atoms with Gasteiger partial charge in [-0.15, -0.1) is 5.11 Å². The Kier molecular flexibility index (Phi) is 6.42. The van der Waals surface area contributed by atoms with Crippen molar-refractivity contribution in [3.63, 3.8) is 0 Å². The first kappa shape index (κ1) is 21.7. The number of hydrogen-bond acceptors (Lipinski definition) is 7. The molecule has 0 N–H and O–H groups in total. The molecule has 156 valence electrons. The lowest BCUT2D eigenvalue weighted by atomic mass is 9.97. The molecule has 8 nitrogen and oxygen atoms in total. The van der Waals surface area contributed by atoms with Crippen molar-refractivity contribution in [1.82, 2.24) is 4.90 Å². The van der Waals surface area contributed by atoms with E-state index in [4.69, 9.17) is 0 Å². The lowest BCUT2D eigenvalue weighted by Gasteiger charge is -2.20. The van der Waals surface area contributed by atoms with E-state index in [1.165, 1.54) is 6.07 Å². The smallest absolute Gasteiger partial charge is 0.262 e. The largest absolute Gasteiger partial charge is 0.372 e. The Balaban J connectivity index is 2.03. The number of hydrogen-bond donors (Lipinski definition) is 0. The highest BCUT2D eigenvalue weighted by atomic mass is 16.2. The number of benzene rings is 2. The maximum atomic E-state index is 12.8. The topological polar surface area (TPSA) is 113 Å². The van der Waals surface area contributed by atoms with Gasteiger partial charge in [-0.2, -0.15) is 15.6 Å². The van der Waals surface area contributed by atoms with Crippen LogP contribution in [0.25, 0.3) is 0 Å². The maximum Gasteiger partial charge on any atom is 0.262 e. The van der Waals surface area contributed by atoms with Crippen LogP contribution in [0.4, 0.5) is 17.1 Å². The van der Waals surface area contributed by atoms with E-state index >= 15 is 0 Å². The Morgan fingerprint density at radius 2 is 1.65 bits per heavy atom. The summed E-state index contributed by atoms with van der Waals surface area (Å²) in [6.07, 6.45) is 0.592. The summed E-state index contributed by atoms with van der Waals surface area (Å²) >= 11 is 0. The van der Waals surface area contributed by atoms with Crippen molar-refractivity contribution in [2.75, 3.05) is 24.5 Å². The van der Waals surface area contributed by atoms with Gasteiger partial charge >= 0.3 is 0 Å². The van der Waals surface area contributed by atoms with E-state index in [1.807, 2.05) is 31.2 Å². The molecule has 2 amide bonds. The molecule has 0 aliphatic carbocycles. The molecular weight excluding hydrogens is 392 g/mol. The second-order valence-corrected chi connectivity index (χ2v) is 6.94. The van der Waals surface area contributed by atoms with Gasteiger partial charge in [0.2, 0.25) is 0 Å². The Morgan fingerprint density at radius 1 is 0.968 bits per heavy atom. The Labute approximate surface area is 181 Å². The molecule has 31 heavy (non-hydrogen) atoms. The molecule has 0 saturated carbocycles. The summed E-state index contributed by atoms with van der Waals surface area (Å²) in [5, 5.41) is 27.6. The SMILES string of the molecule is CCCN1C(=O)c2cc(C#N)c(N=Nc3ccc(N(CC)CC)cc3)c(C#N)c2C1=O. The van der Waals surface area contributed by atoms with Crippen molar-refractivity contribution in [2.24, 2.45) is 10.2 Å². The quantitative estimate of drug-likeness (QED) is 0.481. The second kappa shape index (κ2) is 9.19. The molecule has 0 spiro atoms. The molecule has 0 aromatic heterocycles. The van der Waals surface area contributed by atoms with Gasteiger partial charge < -0.3 is 4.90 Å². The van der Waals surface area contributed by atoms with E-state index in [9.17, 15) is 20.1 Å². The number of anilines is 1. The van der Waals surface area contributed by atoms with Gasteiger partial charge in [-0.05, 0) is 50.6 Å². The lowest BCUT2D eigenvalue weighted by molar-refractivity contribution is 0.0654. The van der Waals surface area contributed by atoms with Crippen molar-refractivity contribution >= 4 is 28.9 Å². The molecule has 0 radical (unpaired) electrons.